The van der Waals surface area contributed by atoms with Crippen LogP contribution in [0.15, 0.2) is 23.8 Å². The minimum atomic E-state index is -0.00104. The molecule has 1 saturated carbocycles. The average Bonchev–Trinajstić information content (AvgIpc) is 3.14. The molecule has 0 aromatic heterocycles. The summed E-state index contributed by atoms with van der Waals surface area (Å²) in [5.41, 5.74) is 2.61. The quantitative estimate of drug-likeness (QED) is 0.439. The van der Waals surface area contributed by atoms with Gasteiger partial charge in [0, 0.05) is 5.92 Å². The van der Waals surface area contributed by atoms with Gasteiger partial charge in [-0.05, 0) is 65.2 Å². The first-order valence-electron chi connectivity index (χ1n) is 9.06. The summed E-state index contributed by atoms with van der Waals surface area (Å²) >= 11 is 0. The predicted octanol–water partition coefficient (Wildman–Crippen LogP) is 4.43. The summed E-state index contributed by atoms with van der Waals surface area (Å²) in [4.78, 5) is 12.4. The lowest BCUT2D eigenvalue weighted by Gasteiger charge is -2.38. The van der Waals surface area contributed by atoms with Crippen molar-refractivity contribution in [1.29, 1.82) is 0 Å². The molecule has 2 saturated heterocycles. The second kappa shape index (κ2) is 6.43. The smallest absolute Gasteiger partial charge is 0.309 e. The predicted molar refractivity (Wildman–Crippen MR) is 91.0 cm³/mol. The summed E-state index contributed by atoms with van der Waals surface area (Å²) in [6.07, 6.45) is 8.62. The van der Waals surface area contributed by atoms with E-state index in [0.717, 1.165) is 38.5 Å². The lowest BCUT2D eigenvalue weighted by atomic mass is 9.72. The van der Waals surface area contributed by atoms with Gasteiger partial charge in [-0.15, -0.1) is 0 Å². The van der Waals surface area contributed by atoms with Crippen LogP contribution in [0.4, 0.5) is 0 Å². The van der Waals surface area contributed by atoms with Crippen molar-refractivity contribution < 1.29 is 14.3 Å². The highest BCUT2D eigenvalue weighted by Crippen LogP contribution is 2.49. The third-order valence-corrected chi connectivity index (χ3v) is 6.03. The van der Waals surface area contributed by atoms with E-state index in [0.29, 0.717) is 24.5 Å². The molecule has 0 amide bonds. The fourth-order valence-corrected chi connectivity index (χ4v) is 4.39. The number of fused-ring (bicyclic) bond motifs is 2. The average molecular weight is 318 g/mol. The van der Waals surface area contributed by atoms with Crippen molar-refractivity contribution in [3.8, 4) is 0 Å². The van der Waals surface area contributed by atoms with E-state index in [-0.39, 0.29) is 17.5 Å². The zero-order chi connectivity index (χ0) is 16.6. The fraction of sp³-hybridized carbons (Fsp3) is 0.750. The SMILES string of the molecule is C=C1CCC2OC2(C)CCC2C1COC(=O)C2CCC=C(C)C. The molecule has 3 rings (SSSR count). The van der Waals surface area contributed by atoms with E-state index in [2.05, 4.69) is 33.4 Å². The minimum absolute atomic E-state index is 0.00104. The Morgan fingerprint density at radius 2 is 2.17 bits per heavy atom. The molecule has 0 aromatic carbocycles. The molecule has 0 N–H and O–H groups in total. The summed E-state index contributed by atoms with van der Waals surface area (Å²) in [7, 11) is 0. The van der Waals surface area contributed by atoms with Crippen molar-refractivity contribution >= 4 is 5.97 Å². The Hall–Kier alpha value is -1.09. The molecule has 23 heavy (non-hydrogen) atoms. The van der Waals surface area contributed by atoms with Crippen molar-refractivity contribution in [3.63, 3.8) is 0 Å². The fourth-order valence-electron chi connectivity index (χ4n) is 4.39. The Balaban J connectivity index is 1.76. The third kappa shape index (κ3) is 3.55. The van der Waals surface area contributed by atoms with E-state index in [1.54, 1.807) is 0 Å². The number of epoxide rings is 1. The molecule has 3 aliphatic rings. The second-order valence-corrected chi connectivity index (χ2v) is 8.02. The standard InChI is InChI=1S/C20H30O3/c1-13(2)6-5-7-16-15-10-11-20(4)18(23-20)9-8-14(3)17(15)12-22-19(16)21/h6,15-18H,3,5,7-12H2,1-2,4H3. The van der Waals surface area contributed by atoms with Crippen LogP contribution in [0.2, 0.25) is 0 Å². The third-order valence-electron chi connectivity index (χ3n) is 6.03. The van der Waals surface area contributed by atoms with E-state index in [4.69, 9.17) is 9.47 Å². The van der Waals surface area contributed by atoms with Crippen molar-refractivity contribution in [2.24, 2.45) is 17.8 Å². The molecular weight excluding hydrogens is 288 g/mol. The van der Waals surface area contributed by atoms with E-state index in [1.807, 2.05) is 0 Å². The number of hydrogen-bond donors (Lipinski definition) is 0. The number of hydrogen-bond acceptors (Lipinski definition) is 3. The zero-order valence-electron chi connectivity index (χ0n) is 14.8. The van der Waals surface area contributed by atoms with Gasteiger partial charge in [0.15, 0.2) is 0 Å². The monoisotopic (exact) mass is 318 g/mol. The number of rotatable bonds is 3. The van der Waals surface area contributed by atoms with Gasteiger partial charge in [0.25, 0.3) is 0 Å². The molecule has 0 bridgehead atoms. The molecule has 2 aliphatic heterocycles. The second-order valence-electron chi connectivity index (χ2n) is 8.02. The Labute approximate surface area is 140 Å². The Bertz CT molecular complexity index is 517. The van der Waals surface area contributed by atoms with Gasteiger partial charge in [0.05, 0.1) is 24.2 Å². The van der Waals surface area contributed by atoms with Crippen LogP contribution in [0, 0.1) is 17.8 Å². The van der Waals surface area contributed by atoms with E-state index < -0.39 is 0 Å². The van der Waals surface area contributed by atoms with Crippen LogP contribution < -0.4 is 0 Å². The van der Waals surface area contributed by atoms with Crippen molar-refractivity contribution in [1.82, 2.24) is 0 Å². The van der Waals surface area contributed by atoms with E-state index in [9.17, 15) is 4.79 Å². The van der Waals surface area contributed by atoms with Gasteiger partial charge in [-0.2, -0.15) is 0 Å². The number of ether oxygens (including phenoxy) is 2. The summed E-state index contributed by atoms with van der Waals surface area (Å²) in [5.74, 6) is 0.721. The number of carbonyl (C=O) groups excluding carboxylic acids is 1. The van der Waals surface area contributed by atoms with E-state index in [1.165, 1.54) is 11.1 Å². The summed E-state index contributed by atoms with van der Waals surface area (Å²) in [6, 6.07) is 0. The Kier molecular flexibility index (Phi) is 4.68. The highest BCUT2D eigenvalue weighted by atomic mass is 16.6. The van der Waals surface area contributed by atoms with Crippen LogP contribution in [0.3, 0.4) is 0 Å². The largest absolute Gasteiger partial charge is 0.465 e. The molecule has 2 heterocycles. The summed E-state index contributed by atoms with van der Waals surface area (Å²) in [5, 5.41) is 0. The van der Waals surface area contributed by atoms with Gasteiger partial charge in [-0.3, -0.25) is 4.79 Å². The van der Waals surface area contributed by atoms with Crippen LogP contribution in [0.25, 0.3) is 0 Å². The van der Waals surface area contributed by atoms with Crippen LogP contribution in [-0.2, 0) is 14.3 Å². The lowest BCUT2D eigenvalue weighted by molar-refractivity contribution is -0.160. The van der Waals surface area contributed by atoms with Crippen LogP contribution >= 0.6 is 0 Å². The van der Waals surface area contributed by atoms with Gasteiger partial charge in [0.1, 0.15) is 0 Å². The maximum atomic E-state index is 12.4. The van der Waals surface area contributed by atoms with E-state index >= 15 is 0 Å². The highest BCUT2D eigenvalue weighted by Gasteiger charge is 2.53. The molecule has 3 fully saturated rings. The van der Waals surface area contributed by atoms with Crippen LogP contribution in [-0.4, -0.2) is 24.3 Å². The van der Waals surface area contributed by atoms with Gasteiger partial charge >= 0.3 is 5.97 Å². The molecule has 1 aliphatic carbocycles. The highest BCUT2D eigenvalue weighted by molar-refractivity contribution is 5.73. The van der Waals surface area contributed by atoms with Crippen molar-refractivity contribution in [2.45, 2.75) is 71.0 Å². The topological polar surface area (TPSA) is 38.8 Å². The zero-order valence-corrected chi connectivity index (χ0v) is 14.8. The Morgan fingerprint density at radius 1 is 1.39 bits per heavy atom. The summed E-state index contributed by atoms with van der Waals surface area (Å²) < 4.78 is 11.5. The molecule has 5 unspecified atom stereocenters. The van der Waals surface area contributed by atoms with Gasteiger partial charge in [-0.25, -0.2) is 0 Å². The van der Waals surface area contributed by atoms with Gasteiger partial charge in [-0.1, -0.05) is 23.8 Å². The maximum Gasteiger partial charge on any atom is 0.309 e. The van der Waals surface area contributed by atoms with Crippen LogP contribution in [0.5, 0.6) is 0 Å². The molecule has 0 radical (unpaired) electrons. The first kappa shape index (κ1) is 16.8. The molecule has 3 nitrogen and oxygen atoms in total. The van der Waals surface area contributed by atoms with Crippen molar-refractivity contribution in [2.75, 3.05) is 6.61 Å². The summed E-state index contributed by atoms with van der Waals surface area (Å²) in [6.45, 7) is 11.3. The first-order valence-corrected chi connectivity index (χ1v) is 9.06. The Morgan fingerprint density at radius 3 is 2.91 bits per heavy atom. The normalized spacial score (nSPS) is 40.0. The molecule has 5 atom stereocenters. The maximum absolute atomic E-state index is 12.4. The van der Waals surface area contributed by atoms with Gasteiger partial charge < -0.3 is 9.47 Å². The van der Waals surface area contributed by atoms with Gasteiger partial charge in [0.2, 0.25) is 0 Å². The molecular formula is C20H30O3. The lowest BCUT2D eigenvalue weighted by Crippen LogP contribution is -2.40. The molecule has 128 valence electrons. The number of carbonyl (C=O) groups is 1. The number of cyclic esters (lactones) is 1. The van der Waals surface area contributed by atoms with Crippen molar-refractivity contribution in [3.05, 3.63) is 23.8 Å². The van der Waals surface area contributed by atoms with Crippen LogP contribution in [0.1, 0.15) is 59.3 Å². The molecule has 0 aromatic rings. The molecule has 0 spiro atoms. The minimum Gasteiger partial charge on any atom is -0.465 e. The number of esters is 1. The molecule has 3 heteroatoms. The number of allylic oxidation sites excluding steroid dienone is 2. The first-order chi connectivity index (χ1) is 10.9.